The van der Waals surface area contributed by atoms with Crippen LogP contribution >= 0.6 is 0 Å². The Balaban J connectivity index is 2.12. The van der Waals surface area contributed by atoms with Crippen molar-refractivity contribution in [2.45, 2.75) is 25.4 Å². The molecule has 0 amide bonds. The predicted molar refractivity (Wildman–Crippen MR) is 68.5 cm³/mol. The van der Waals surface area contributed by atoms with Crippen LogP contribution in [-0.2, 0) is 5.60 Å². The first kappa shape index (κ1) is 10.8. The van der Waals surface area contributed by atoms with Gasteiger partial charge in [-0.15, -0.1) is 0 Å². The highest BCUT2D eigenvalue weighted by Gasteiger charge is 2.49. The van der Waals surface area contributed by atoms with Crippen molar-refractivity contribution in [3.8, 4) is 0 Å². The van der Waals surface area contributed by atoms with Crippen LogP contribution in [-0.4, -0.2) is 23.1 Å². The molecule has 3 aliphatic heterocycles. The van der Waals surface area contributed by atoms with Crippen molar-refractivity contribution in [3.63, 3.8) is 0 Å². The molecule has 1 atom stereocenters. The summed E-state index contributed by atoms with van der Waals surface area (Å²) in [5, 5.41) is 11.1. The second kappa shape index (κ2) is 3.61. The first-order valence-corrected chi connectivity index (χ1v) is 6.37. The van der Waals surface area contributed by atoms with Gasteiger partial charge in [-0.2, -0.15) is 0 Å². The third-order valence-corrected chi connectivity index (χ3v) is 4.46. The van der Waals surface area contributed by atoms with Crippen LogP contribution in [0.15, 0.2) is 36.5 Å². The normalized spacial score (nSPS) is 32.0. The van der Waals surface area contributed by atoms with Crippen molar-refractivity contribution >= 4 is 0 Å². The van der Waals surface area contributed by atoms with E-state index < -0.39 is 5.60 Å². The lowest BCUT2D eigenvalue weighted by atomic mass is 9.69. The Labute approximate surface area is 103 Å². The summed E-state index contributed by atoms with van der Waals surface area (Å²) in [6.45, 7) is 8.32. The Kier molecular flexibility index (Phi) is 2.30. The second-order valence-electron chi connectivity index (χ2n) is 5.29. The average molecular weight is 229 g/mol. The van der Waals surface area contributed by atoms with Crippen LogP contribution in [0, 0.1) is 12.8 Å². The summed E-state index contributed by atoms with van der Waals surface area (Å²) >= 11 is 0. The lowest BCUT2D eigenvalue weighted by Crippen LogP contribution is -2.55. The van der Waals surface area contributed by atoms with Gasteiger partial charge in [-0.1, -0.05) is 30.8 Å². The summed E-state index contributed by atoms with van der Waals surface area (Å²) < 4.78 is 0. The molecule has 2 heteroatoms. The number of nitrogens with zero attached hydrogens (tertiary/aromatic N) is 1. The molecule has 0 spiro atoms. The van der Waals surface area contributed by atoms with Gasteiger partial charge < -0.3 is 10.0 Å². The largest absolute Gasteiger partial charge is 0.379 e. The second-order valence-corrected chi connectivity index (χ2v) is 5.29. The van der Waals surface area contributed by atoms with Gasteiger partial charge in [-0.3, -0.25) is 0 Å². The minimum atomic E-state index is -0.832. The lowest BCUT2D eigenvalue weighted by Gasteiger charge is -2.53. The number of benzene rings is 1. The van der Waals surface area contributed by atoms with E-state index in [2.05, 4.69) is 24.5 Å². The van der Waals surface area contributed by atoms with Crippen molar-refractivity contribution in [1.29, 1.82) is 0 Å². The number of rotatable bonds is 1. The molecule has 1 aromatic carbocycles. The first-order chi connectivity index (χ1) is 8.14. The molecular weight excluding hydrogens is 210 g/mol. The molecule has 3 heterocycles. The first-order valence-electron chi connectivity index (χ1n) is 6.37. The standard InChI is InChI=1S/C15H19NO/c1-11-5-3-4-6-14(11)15(17)12(2)16-9-7-13(15)8-10-16/h3-6,13,17H,2,7-10H2,1H3/t15-/m1/s1. The van der Waals surface area contributed by atoms with Crippen LogP contribution < -0.4 is 0 Å². The molecule has 1 N–H and O–H groups in total. The third kappa shape index (κ3) is 1.37. The molecule has 0 saturated carbocycles. The molecule has 0 aromatic heterocycles. The monoisotopic (exact) mass is 229 g/mol. The Morgan fingerprint density at radius 1 is 1.29 bits per heavy atom. The predicted octanol–water partition coefficient (Wildman–Crippen LogP) is 2.42. The number of hydrogen-bond donors (Lipinski definition) is 1. The Morgan fingerprint density at radius 2 is 1.94 bits per heavy atom. The molecule has 90 valence electrons. The van der Waals surface area contributed by atoms with E-state index in [4.69, 9.17) is 0 Å². The molecule has 3 saturated heterocycles. The summed E-state index contributed by atoms with van der Waals surface area (Å²) in [5.74, 6) is 0.334. The van der Waals surface area contributed by atoms with Gasteiger partial charge in [0, 0.05) is 24.7 Å². The highest BCUT2D eigenvalue weighted by molar-refractivity contribution is 5.40. The summed E-state index contributed by atoms with van der Waals surface area (Å²) in [6, 6.07) is 8.14. The van der Waals surface area contributed by atoms with Crippen LogP contribution in [0.5, 0.6) is 0 Å². The lowest BCUT2D eigenvalue weighted by molar-refractivity contribution is -0.0763. The average Bonchev–Trinajstić information content (AvgIpc) is 2.36. The minimum absolute atomic E-state index is 0.334. The molecule has 0 unspecified atom stereocenters. The van der Waals surface area contributed by atoms with Gasteiger partial charge in [-0.25, -0.2) is 0 Å². The van der Waals surface area contributed by atoms with E-state index in [0.29, 0.717) is 5.92 Å². The van der Waals surface area contributed by atoms with Crippen molar-refractivity contribution in [2.24, 2.45) is 5.92 Å². The Hall–Kier alpha value is -1.28. The SMILES string of the molecule is C=C1N2CCC(CC2)[C@@]1(O)c1ccccc1C. The quantitative estimate of drug-likeness (QED) is 0.799. The van der Waals surface area contributed by atoms with Crippen LogP contribution in [0.2, 0.25) is 0 Å². The number of aryl methyl sites for hydroxylation is 1. The summed E-state index contributed by atoms with van der Waals surface area (Å²) in [4.78, 5) is 2.24. The molecule has 0 aliphatic carbocycles. The zero-order valence-corrected chi connectivity index (χ0v) is 10.3. The summed E-state index contributed by atoms with van der Waals surface area (Å²) in [7, 11) is 0. The highest BCUT2D eigenvalue weighted by atomic mass is 16.3. The number of hydrogen-bond acceptors (Lipinski definition) is 2. The van der Waals surface area contributed by atoms with E-state index in [1.807, 2.05) is 18.2 Å². The van der Waals surface area contributed by atoms with Crippen LogP contribution in [0.3, 0.4) is 0 Å². The van der Waals surface area contributed by atoms with Gasteiger partial charge in [0.05, 0.1) is 0 Å². The zero-order chi connectivity index (χ0) is 12.0. The van der Waals surface area contributed by atoms with Crippen molar-refractivity contribution in [1.82, 2.24) is 4.90 Å². The number of piperidine rings is 3. The van der Waals surface area contributed by atoms with Gasteiger partial charge in [0.2, 0.25) is 0 Å². The molecule has 2 nitrogen and oxygen atoms in total. The van der Waals surface area contributed by atoms with Crippen molar-refractivity contribution in [2.75, 3.05) is 13.1 Å². The molecule has 2 bridgehead atoms. The maximum Gasteiger partial charge on any atom is 0.132 e. The van der Waals surface area contributed by atoms with Gasteiger partial charge in [0.25, 0.3) is 0 Å². The summed E-state index contributed by atoms with van der Waals surface area (Å²) in [6.07, 6.45) is 2.15. The fourth-order valence-corrected chi connectivity index (χ4v) is 3.42. The van der Waals surface area contributed by atoms with Gasteiger partial charge in [0.1, 0.15) is 5.60 Å². The van der Waals surface area contributed by atoms with Crippen molar-refractivity contribution in [3.05, 3.63) is 47.7 Å². The zero-order valence-electron chi connectivity index (χ0n) is 10.3. The van der Waals surface area contributed by atoms with E-state index in [1.54, 1.807) is 0 Å². The molecule has 3 aliphatic rings. The third-order valence-electron chi connectivity index (χ3n) is 4.46. The van der Waals surface area contributed by atoms with E-state index in [9.17, 15) is 5.11 Å². The maximum absolute atomic E-state index is 11.1. The highest BCUT2D eigenvalue weighted by Crippen LogP contribution is 2.48. The summed E-state index contributed by atoms with van der Waals surface area (Å²) in [5.41, 5.74) is 2.26. The van der Waals surface area contributed by atoms with E-state index in [1.165, 1.54) is 0 Å². The van der Waals surface area contributed by atoms with Crippen LogP contribution in [0.1, 0.15) is 24.0 Å². The van der Waals surface area contributed by atoms with Gasteiger partial charge in [-0.05, 0) is 30.9 Å². The smallest absolute Gasteiger partial charge is 0.132 e. The molecule has 3 fully saturated rings. The fourth-order valence-electron chi connectivity index (χ4n) is 3.42. The van der Waals surface area contributed by atoms with E-state index in [0.717, 1.165) is 42.8 Å². The Morgan fingerprint density at radius 3 is 2.53 bits per heavy atom. The van der Waals surface area contributed by atoms with E-state index >= 15 is 0 Å². The minimum Gasteiger partial charge on any atom is -0.379 e. The topological polar surface area (TPSA) is 23.5 Å². The molecule has 0 radical (unpaired) electrons. The van der Waals surface area contributed by atoms with Crippen LogP contribution in [0.4, 0.5) is 0 Å². The van der Waals surface area contributed by atoms with Crippen molar-refractivity contribution < 1.29 is 5.11 Å². The van der Waals surface area contributed by atoms with E-state index in [-0.39, 0.29) is 0 Å². The molecule has 1 aromatic rings. The van der Waals surface area contributed by atoms with Gasteiger partial charge in [0.15, 0.2) is 0 Å². The molecule has 4 rings (SSSR count). The Bertz CT molecular complexity index is 460. The van der Waals surface area contributed by atoms with Gasteiger partial charge >= 0.3 is 0 Å². The number of fused-ring (bicyclic) bond motifs is 3. The number of aliphatic hydroxyl groups is 1. The molecule has 17 heavy (non-hydrogen) atoms. The molecular formula is C15H19NO. The fraction of sp³-hybridized carbons (Fsp3) is 0.467. The maximum atomic E-state index is 11.1. The van der Waals surface area contributed by atoms with Crippen LogP contribution in [0.25, 0.3) is 0 Å².